The van der Waals surface area contributed by atoms with Crippen LogP contribution in [0, 0.1) is 6.92 Å². The van der Waals surface area contributed by atoms with Crippen LogP contribution in [0.1, 0.15) is 22.3 Å². The number of hydrogen-bond acceptors (Lipinski definition) is 3. The molecular weight excluding hydrogens is 353 g/mol. The van der Waals surface area contributed by atoms with Crippen molar-refractivity contribution in [3.05, 3.63) is 83.2 Å². The molecule has 0 atom stereocenters. The van der Waals surface area contributed by atoms with Crippen LogP contribution >= 0.6 is 0 Å². The first-order chi connectivity index (χ1) is 12.9. The molecule has 0 bridgehead atoms. The molecular formula is C20H15F3N4. The third-order valence-electron chi connectivity index (χ3n) is 4.31. The van der Waals surface area contributed by atoms with Gasteiger partial charge in [-0.25, -0.2) is 15.0 Å². The summed E-state index contributed by atoms with van der Waals surface area (Å²) in [5, 5.41) is 0. The van der Waals surface area contributed by atoms with E-state index in [4.69, 9.17) is 0 Å². The van der Waals surface area contributed by atoms with E-state index in [1.807, 2.05) is 43.3 Å². The summed E-state index contributed by atoms with van der Waals surface area (Å²) in [5.74, 6) is 1.56. The Bertz CT molecular complexity index is 993. The molecule has 0 saturated heterocycles. The maximum atomic E-state index is 12.8. The van der Waals surface area contributed by atoms with E-state index in [0.29, 0.717) is 24.0 Å². The second-order valence-electron chi connectivity index (χ2n) is 6.28. The number of fused-ring (bicyclic) bond motifs is 1. The van der Waals surface area contributed by atoms with Crippen molar-refractivity contribution in [2.24, 2.45) is 4.99 Å². The third-order valence-corrected chi connectivity index (χ3v) is 4.31. The number of nitrogens with zero attached hydrogens (tertiary/aromatic N) is 4. The fourth-order valence-corrected chi connectivity index (χ4v) is 2.93. The smallest absolute Gasteiger partial charge is 0.306 e. The molecule has 3 aromatic rings. The minimum atomic E-state index is -4.41. The Morgan fingerprint density at radius 2 is 1.78 bits per heavy atom. The highest BCUT2D eigenvalue weighted by Gasteiger charge is 2.32. The van der Waals surface area contributed by atoms with Crippen LogP contribution in [0.25, 0.3) is 0 Å². The summed E-state index contributed by atoms with van der Waals surface area (Å²) in [6, 6.07) is 13.9. The molecule has 2 aromatic heterocycles. The van der Waals surface area contributed by atoms with Gasteiger partial charge in [0.15, 0.2) is 5.82 Å². The fourth-order valence-electron chi connectivity index (χ4n) is 2.93. The van der Waals surface area contributed by atoms with Gasteiger partial charge in [-0.15, -0.1) is 0 Å². The van der Waals surface area contributed by atoms with E-state index in [2.05, 4.69) is 15.0 Å². The maximum Gasteiger partial charge on any atom is 0.417 e. The summed E-state index contributed by atoms with van der Waals surface area (Å²) in [6.45, 7) is 2.42. The SMILES string of the molecule is Cc1ccc(N=C2c3ccccc3CN2c2ccc(C(F)(F)F)cn2)nc1. The molecule has 1 aliphatic rings. The Morgan fingerprint density at radius 1 is 0.963 bits per heavy atom. The molecule has 0 unspecified atom stereocenters. The highest BCUT2D eigenvalue weighted by Crippen LogP contribution is 2.32. The Morgan fingerprint density at radius 3 is 2.44 bits per heavy atom. The number of alkyl halides is 3. The molecule has 0 amide bonds. The first kappa shape index (κ1) is 17.2. The number of aryl methyl sites for hydroxylation is 1. The summed E-state index contributed by atoms with van der Waals surface area (Å²) >= 11 is 0. The van der Waals surface area contributed by atoms with Gasteiger partial charge in [0.1, 0.15) is 11.7 Å². The van der Waals surface area contributed by atoms with Crippen LogP contribution < -0.4 is 4.90 Å². The quantitative estimate of drug-likeness (QED) is 0.646. The molecule has 0 fully saturated rings. The number of pyridine rings is 2. The van der Waals surface area contributed by atoms with Gasteiger partial charge < -0.3 is 4.90 Å². The van der Waals surface area contributed by atoms with E-state index in [1.54, 1.807) is 11.1 Å². The van der Waals surface area contributed by atoms with Gasteiger partial charge in [-0.2, -0.15) is 13.2 Å². The monoisotopic (exact) mass is 368 g/mol. The van der Waals surface area contributed by atoms with Crippen LogP contribution in [0.3, 0.4) is 0 Å². The van der Waals surface area contributed by atoms with E-state index in [1.165, 1.54) is 6.07 Å². The second-order valence-corrected chi connectivity index (χ2v) is 6.28. The summed E-state index contributed by atoms with van der Waals surface area (Å²) < 4.78 is 38.5. The van der Waals surface area contributed by atoms with Gasteiger partial charge in [0.2, 0.25) is 0 Å². The van der Waals surface area contributed by atoms with Crippen molar-refractivity contribution in [2.75, 3.05) is 4.90 Å². The van der Waals surface area contributed by atoms with Crippen molar-refractivity contribution in [1.82, 2.24) is 9.97 Å². The molecule has 0 radical (unpaired) electrons. The van der Waals surface area contributed by atoms with Crippen LogP contribution in [0.2, 0.25) is 0 Å². The zero-order valence-electron chi connectivity index (χ0n) is 14.4. The van der Waals surface area contributed by atoms with Crippen molar-refractivity contribution in [3.8, 4) is 0 Å². The number of halogens is 3. The molecule has 1 aliphatic heterocycles. The largest absolute Gasteiger partial charge is 0.417 e. The van der Waals surface area contributed by atoms with Crippen LogP contribution in [0.4, 0.5) is 24.8 Å². The first-order valence-corrected chi connectivity index (χ1v) is 8.32. The number of hydrogen-bond donors (Lipinski definition) is 0. The topological polar surface area (TPSA) is 41.4 Å². The number of anilines is 1. The molecule has 4 nitrogen and oxygen atoms in total. The lowest BCUT2D eigenvalue weighted by atomic mass is 10.1. The average Bonchev–Trinajstić information content (AvgIpc) is 3.02. The number of rotatable bonds is 2. The Kier molecular flexibility index (Phi) is 4.14. The Labute approximate surface area is 154 Å². The summed E-state index contributed by atoms with van der Waals surface area (Å²) in [7, 11) is 0. The Balaban J connectivity index is 1.76. The fraction of sp³-hybridized carbons (Fsp3) is 0.150. The van der Waals surface area contributed by atoms with Crippen LogP contribution in [-0.2, 0) is 12.7 Å². The van der Waals surface area contributed by atoms with E-state index < -0.39 is 11.7 Å². The van der Waals surface area contributed by atoms with Gasteiger partial charge in [-0.3, -0.25) is 0 Å². The van der Waals surface area contributed by atoms with E-state index >= 15 is 0 Å². The predicted molar refractivity (Wildman–Crippen MR) is 97.0 cm³/mol. The average molecular weight is 368 g/mol. The van der Waals surface area contributed by atoms with Gasteiger partial charge in [0.05, 0.1) is 12.1 Å². The molecule has 136 valence electrons. The van der Waals surface area contributed by atoms with Crippen molar-refractivity contribution in [2.45, 2.75) is 19.6 Å². The first-order valence-electron chi connectivity index (χ1n) is 8.32. The lowest BCUT2D eigenvalue weighted by Crippen LogP contribution is -2.25. The van der Waals surface area contributed by atoms with E-state index in [0.717, 1.165) is 29.0 Å². The minimum absolute atomic E-state index is 0.407. The van der Waals surface area contributed by atoms with E-state index in [9.17, 15) is 13.2 Å². The lowest BCUT2D eigenvalue weighted by molar-refractivity contribution is -0.137. The molecule has 0 saturated carbocycles. The standard InChI is InChI=1S/C20H15F3N4/c1-13-6-8-17(24-10-13)26-19-16-5-3-2-4-14(16)12-27(19)18-9-7-15(11-25-18)20(21,22)23/h2-11H,12H2,1H3. The van der Waals surface area contributed by atoms with Crippen LogP contribution in [0.5, 0.6) is 0 Å². The minimum Gasteiger partial charge on any atom is -0.306 e. The molecule has 0 spiro atoms. The normalized spacial score (nSPS) is 15.3. The van der Waals surface area contributed by atoms with Crippen LogP contribution in [-0.4, -0.2) is 15.8 Å². The molecule has 7 heteroatoms. The van der Waals surface area contributed by atoms with Gasteiger partial charge in [0, 0.05) is 18.0 Å². The number of benzene rings is 1. The molecule has 0 N–H and O–H groups in total. The van der Waals surface area contributed by atoms with Crippen molar-refractivity contribution in [1.29, 1.82) is 0 Å². The zero-order valence-corrected chi connectivity index (χ0v) is 14.4. The highest BCUT2D eigenvalue weighted by atomic mass is 19.4. The van der Waals surface area contributed by atoms with Crippen molar-refractivity contribution in [3.63, 3.8) is 0 Å². The van der Waals surface area contributed by atoms with Gasteiger partial charge in [0.25, 0.3) is 0 Å². The number of amidine groups is 1. The van der Waals surface area contributed by atoms with Crippen LogP contribution in [0.15, 0.2) is 65.9 Å². The zero-order chi connectivity index (χ0) is 19.0. The number of aromatic nitrogens is 2. The Hall–Kier alpha value is -3.22. The molecule has 27 heavy (non-hydrogen) atoms. The highest BCUT2D eigenvalue weighted by molar-refractivity contribution is 6.14. The van der Waals surface area contributed by atoms with Crippen molar-refractivity contribution < 1.29 is 13.2 Å². The van der Waals surface area contributed by atoms with Gasteiger partial charge in [-0.05, 0) is 36.2 Å². The number of aliphatic imine (C=N–C) groups is 1. The van der Waals surface area contributed by atoms with Gasteiger partial charge in [-0.1, -0.05) is 30.3 Å². The molecule has 4 rings (SSSR count). The summed E-state index contributed by atoms with van der Waals surface area (Å²) in [6.07, 6.45) is -1.84. The second kappa shape index (κ2) is 6.50. The van der Waals surface area contributed by atoms with Crippen molar-refractivity contribution >= 4 is 17.5 Å². The molecule has 1 aromatic carbocycles. The summed E-state index contributed by atoms with van der Waals surface area (Å²) in [5.41, 5.74) is 2.19. The van der Waals surface area contributed by atoms with E-state index in [-0.39, 0.29) is 0 Å². The summed E-state index contributed by atoms with van der Waals surface area (Å²) in [4.78, 5) is 14.8. The molecule has 0 aliphatic carbocycles. The molecule has 3 heterocycles. The predicted octanol–water partition coefficient (Wildman–Crippen LogP) is 4.90. The third kappa shape index (κ3) is 3.40. The van der Waals surface area contributed by atoms with Gasteiger partial charge >= 0.3 is 6.18 Å². The maximum absolute atomic E-state index is 12.8. The lowest BCUT2D eigenvalue weighted by Gasteiger charge is -2.18.